The molecule has 1 aliphatic heterocycles. The quantitative estimate of drug-likeness (QED) is 0.860. The average Bonchev–Trinajstić information content (AvgIpc) is 2.39. The molecule has 1 aliphatic rings. The topological polar surface area (TPSA) is 50.4 Å². The van der Waals surface area contributed by atoms with Crippen molar-refractivity contribution < 1.29 is 9.53 Å². The molecule has 2 rings (SSSR count). The number of para-hydroxylation sites is 1. The van der Waals surface area contributed by atoms with Crippen molar-refractivity contribution in [3.8, 4) is 0 Å². The molecule has 2 N–H and O–H groups in total. The van der Waals surface area contributed by atoms with E-state index in [4.69, 9.17) is 4.74 Å². The van der Waals surface area contributed by atoms with Crippen molar-refractivity contribution in [2.45, 2.75) is 25.3 Å². The summed E-state index contributed by atoms with van der Waals surface area (Å²) in [4.78, 5) is 12.3. The van der Waals surface area contributed by atoms with Crippen molar-refractivity contribution in [2.75, 3.05) is 25.6 Å². The van der Waals surface area contributed by atoms with Crippen molar-refractivity contribution in [1.29, 1.82) is 0 Å². The molecule has 98 valence electrons. The summed E-state index contributed by atoms with van der Waals surface area (Å²) in [6, 6.07) is 7.51. The first-order chi connectivity index (χ1) is 8.64. The Hall–Kier alpha value is -1.55. The van der Waals surface area contributed by atoms with Crippen LogP contribution < -0.4 is 10.6 Å². The zero-order valence-electron chi connectivity index (χ0n) is 11.0. The predicted octanol–water partition coefficient (Wildman–Crippen LogP) is 2.03. The molecule has 4 heteroatoms. The van der Waals surface area contributed by atoms with Gasteiger partial charge in [0.2, 0.25) is 0 Å². The van der Waals surface area contributed by atoms with Crippen molar-refractivity contribution in [3.63, 3.8) is 0 Å². The van der Waals surface area contributed by atoms with E-state index in [1.165, 1.54) is 0 Å². The molecule has 1 amide bonds. The smallest absolute Gasteiger partial charge is 0.253 e. The Morgan fingerprint density at radius 1 is 1.39 bits per heavy atom. The summed E-state index contributed by atoms with van der Waals surface area (Å²) in [6.07, 6.45) is 1.95. The predicted molar refractivity (Wildman–Crippen MR) is 71.9 cm³/mol. The summed E-state index contributed by atoms with van der Waals surface area (Å²) < 4.78 is 5.45. The van der Waals surface area contributed by atoms with Crippen LogP contribution in [-0.2, 0) is 4.74 Å². The second-order valence-corrected chi connectivity index (χ2v) is 4.97. The Labute approximate surface area is 108 Å². The second-order valence-electron chi connectivity index (χ2n) is 4.97. The molecular formula is C14H20N2O2. The van der Waals surface area contributed by atoms with Gasteiger partial charge in [-0.25, -0.2) is 0 Å². The molecule has 1 heterocycles. The van der Waals surface area contributed by atoms with Gasteiger partial charge in [-0.1, -0.05) is 12.1 Å². The number of nitrogens with one attached hydrogen (secondary N) is 2. The van der Waals surface area contributed by atoms with Crippen LogP contribution in [0.1, 0.15) is 30.1 Å². The molecule has 18 heavy (non-hydrogen) atoms. The van der Waals surface area contributed by atoms with Crippen LogP contribution in [-0.4, -0.2) is 31.7 Å². The molecule has 1 fully saturated rings. The fourth-order valence-corrected chi connectivity index (χ4v) is 2.27. The molecule has 4 nitrogen and oxygen atoms in total. The fraction of sp³-hybridized carbons (Fsp3) is 0.500. The van der Waals surface area contributed by atoms with Gasteiger partial charge in [0.05, 0.1) is 17.7 Å². The third-order valence-corrected chi connectivity index (χ3v) is 3.29. The Bertz CT molecular complexity index is 426. The molecule has 1 aromatic rings. The lowest BCUT2D eigenvalue weighted by Gasteiger charge is -2.34. The van der Waals surface area contributed by atoms with Gasteiger partial charge >= 0.3 is 0 Å². The highest BCUT2D eigenvalue weighted by Crippen LogP contribution is 2.21. The molecule has 0 bridgehead atoms. The monoisotopic (exact) mass is 248 g/mol. The van der Waals surface area contributed by atoms with Crippen LogP contribution in [0.25, 0.3) is 0 Å². The van der Waals surface area contributed by atoms with Crippen molar-refractivity contribution in [1.82, 2.24) is 5.32 Å². The lowest BCUT2D eigenvalue weighted by Crippen LogP contribution is -2.51. The van der Waals surface area contributed by atoms with Gasteiger partial charge in [-0.2, -0.15) is 0 Å². The number of rotatable bonds is 3. The molecule has 0 spiro atoms. The number of anilines is 1. The van der Waals surface area contributed by atoms with Gasteiger partial charge in [0.1, 0.15) is 0 Å². The number of ether oxygens (including phenoxy) is 1. The maximum Gasteiger partial charge on any atom is 0.253 e. The molecule has 0 saturated carbocycles. The Morgan fingerprint density at radius 2 is 2.17 bits per heavy atom. The van der Waals surface area contributed by atoms with Crippen LogP contribution >= 0.6 is 0 Å². The summed E-state index contributed by atoms with van der Waals surface area (Å²) in [6.45, 7) is 3.41. The minimum absolute atomic E-state index is 0.0482. The van der Waals surface area contributed by atoms with Crippen molar-refractivity contribution in [2.24, 2.45) is 0 Å². The summed E-state index contributed by atoms with van der Waals surface area (Å²) in [7, 11) is 1.82. The number of amides is 1. The van der Waals surface area contributed by atoms with Crippen LogP contribution in [0.2, 0.25) is 0 Å². The summed E-state index contributed by atoms with van der Waals surface area (Å²) in [5, 5.41) is 6.12. The van der Waals surface area contributed by atoms with Crippen molar-refractivity contribution >= 4 is 11.6 Å². The first-order valence-corrected chi connectivity index (χ1v) is 6.32. The summed E-state index contributed by atoms with van der Waals surface area (Å²) >= 11 is 0. The van der Waals surface area contributed by atoms with Crippen LogP contribution in [0, 0.1) is 0 Å². The van der Waals surface area contributed by atoms with E-state index in [0.29, 0.717) is 12.2 Å². The zero-order valence-corrected chi connectivity index (χ0v) is 11.0. The van der Waals surface area contributed by atoms with Gasteiger partial charge in [-0.05, 0) is 31.9 Å². The van der Waals surface area contributed by atoms with Gasteiger partial charge in [0.15, 0.2) is 0 Å². The first-order valence-electron chi connectivity index (χ1n) is 6.32. The van der Waals surface area contributed by atoms with E-state index in [1.807, 2.05) is 38.2 Å². The fourth-order valence-electron chi connectivity index (χ4n) is 2.27. The van der Waals surface area contributed by atoms with E-state index in [2.05, 4.69) is 10.6 Å². The van der Waals surface area contributed by atoms with Gasteiger partial charge in [0, 0.05) is 19.3 Å². The highest BCUT2D eigenvalue weighted by atomic mass is 16.5. The largest absolute Gasteiger partial charge is 0.387 e. The summed E-state index contributed by atoms with van der Waals surface area (Å²) in [5.41, 5.74) is 1.26. The SMILES string of the molecule is CNc1ccccc1C(=O)NC1(C)CCCOC1. The van der Waals surface area contributed by atoms with Crippen molar-refractivity contribution in [3.05, 3.63) is 29.8 Å². The lowest BCUT2D eigenvalue weighted by molar-refractivity contribution is 0.0273. The van der Waals surface area contributed by atoms with Crippen LogP contribution in [0.15, 0.2) is 24.3 Å². The molecular weight excluding hydrogens is 228 g/mol. The molecule has 1 aromatic carbocycles. The van der Waals surface area contributed by atoms with E-state index >= 15 is 0 Å². The molecule has 1 unspecified atom stereocenters. The van der Waals surface area contributed by atoms with E-state index in [1.54, 1.807) is 0 Å². The number of carbonyl (C=O) groups excluding carboxylic acids is 1. The number of hydrogen-bond acceptors (Lipinski definition) is 3. The maximum atomic E-state index is 12.3. The van der Waals surface area contributed by atoms with E-state index in [0.717, 1.165) is 25.1 Å². The normalized spacial score (nSPS) is 23.4. The van der Waals surface area contributed by atoms with Gasteiger partial charge in [-0.3, -0.25) is 4.79 Å². The Morgan fingerprint density at radius 3 is 2.83 bits per heavy atom. The molecule has 0 aromatic heterocycles. The highest BCUT2D eigenvalue weighted by molar-refractivity contribution is 5.99. The zero-order chi connectivity index (χ0) is 13.0. The van der Waals surface area contributed by atoms with Gasteiger partial charge in [-0.15, -0.1) is 0 Å². The molecule has 0 aliphatic carbocycles. The number of hydrogen-bond donors (Lipinski definition) is 2. The van der Waals surface area contributed by atoms with Crippen LogP contribution in [0.3, 0.4) is 0 Å². The number of carbonyl (C=O) groups is 1. The molecule has 0 radical (unpaired) electrons. The van der Waals surface area contributed by atoms with E-state index in [9.17, 15) is 4.79 Å². The second kappa shape index (κ2) is 5.40. The standard InChI is InChI=1S/C14H20N2O2/c1-14(8-5-9-18-10-14)16-13(17)11-6-3-4-7-12(11)15-2/h3-4,6-7,15H,5,8-10H2,1-2H3,(H,16,17). The third-order valence-electron chi connectivity index (χ3n) is 3.29. The highest BCUT2D eigenvalue weighted by Gasteiger charge is 2.30. The van der Waals surface area contributed by atoms with E-state index in [-0.39, 0.29) is 11.4 Å². The Balaban J connectivity index is 2.11. The molecule has 1 atom stereocenters. The van der Waals surface area contributed by atoms with Crippen LogP contribution in [0.4, 0.5) is 5.69 Å². The summed E-state index contributed by atoms with van der Waals surface area (Å²) in [5.74, 6) is -0.0482. The minimum atomic E-state index is -0.254. The number of benzene rings is 1. The minimum Gasteiger partial charge on any atom is -0.387 e. The average molecular weight is 248 g/mol. The van der Waals surface area contributed by atoms with Gasteiger partial charge < -0.3 is 15.4 Å². The van der Waals surface area contributed by atoms with Crippen LogP contribution in [0.5, 0.6) is 0 Å². The Kier molecular flexibility index (Phi) is 3.87. The third kappa shape index (κ3) is 2.82. The first kappa shape index (κ1) is 12.9. The maximum absolute atomic E-state index is 12.3. The molecule has 1 saturated heterocycles. The van der Waals surface area contributed by atoms with Gasteiger partial charge in [0.25, 0.3) is 5.91 Å². The lowest BCUT2D eigenvalue weighted by atomic mass is 9.94. The van der Waals surface area contributed by atoms with E-state index < -0.39 is 0 Å².